The SMILES string of the molecule is COCCNCC(=O)NCc1ccc(N2CCOC(C)C2)nc1. The molecule has 0 aliphatic carbocycles. The Kier molecular flexibility index (Phi) is 7.25. The van der Waals surface area contributed by atoms with Gasteiger partial charge in [-0.05, 0) is 18.6 Å². The van der Waals surface area contributed by atoms with Crippen LogP contribution in [0.2, 0.25) is 0 Å². The number of methoxy groups -OCH3 is 1. The fourth-order valence-electron chi connectivity index (χ4n) is 2.37. The van der Waals surface area contributed by atoms with Crippen molar-refractivity contribution in [2.75, 3.05) is 51.4 Å². The summed E-state index contributed by atoms with van der Waals surface area (Å²) in [6.45, 7) is 6.55. The second-order valence-electron chi connectivity index (χ2n) is 5.60. The van der Waals surface area contributed by atoms with Crippen LogP contribution in [0, 0.1) is 0 Å². The van der Waals surface area contributed by atoms with Crippen molar-refractivity contribution in [3.63, 3.8) is 0 Å². The maximum atomic E-state index is 11.7. The van der Waals surface area contributed by atoms with Crippen molar-refractivity contribution in [3.8, 4) is 0 Å². The van der Waals surface area contributed by atoms with Gasteiger partial charge in [-0.1, -0.05) is 6.07 Å². The van der Waals surface area contributed by atoms with Crippen LogP contribution >= 0.6 is 0 Å². The fourth-order valence-corrected chi connectivity index (χ4v) is 2.37. The molecule has 1 fully saturated rings. The van der Waals surface area contributed by atoms with Crippen LogP contribution < -0.4 is 15.5 Å². The average Bonchev–Trinajstić information content (AvgIpc) is 2.57. The summed E-state index contributed by atoms with van der Waals surface area (Å²) in [7, 11) is 1.63. The van der Waals surface area contributed by atoms with Crippen molar-refractivity contribution < 1.29 is 14.3 Å². The quantitative estimate of drug-likeness (QED) is 0.664. The zero-order valence-electron chi connectivity index (χ0n) is 13.9. The smallest absolute Gasteiger partial charge is 0.234 e. The van der Waals surface area contributed by atoms with E-state index < -0.39 is 0 Å². The van der Waals surface area contributed by atoms with Gasteiger partial charge in [0.1, 0.15) is 5.82 Å². The predicted octanol–water partition coefficient (Wildman–Crippen LogP) is 0.159. The van der Waals surface area contributed by atoms with Gasteiger partial charge in [0.15, 0.2) is 0 Å². The number of carbonyl (C=O) groups excluding carboxylic acids is 1. The monoisotopic (exact) mass is 322 g/mol. The van der Waals surface area contributed by atoms with E-state index in [9.17, 15) is 4.79 Å². The van der Waals surface area contributed by atoms with Gasteiger partial charge in [-0.25, -0.2) is 4.98 Å². The van der Waals surface area contributed by atoms with Gasteiger partial charge >= 0.3 is 0 Å². The first kappa shape index (κ1) is 17.7. The van der Waals surface area contributed by atoms with E-state index in [1.165, 1.54) is 0 Å². The number of hydrogen-bond acceptors (Lipinski definition) is 6. The van der Waals surface area contributed by atoms with E-state index in [1.54, 1.807) is 7.11 Å². The number of nitrogens with zero attached hydrogens (tertiary/aromatic N) is 2. The third-order valence-electron chi connectivity index (χ3n) is 3.63. The molecule has 1 saturated heterocycles. The Morgan fingerprint density at radius 3 is 3.09 bits per heavy atom. The van der Waals surface area contributed by atoms with E-state index in [0.717, 1.165) is 31.1 Å². The molecular formula is C16H26N4O3. The highest BCUT2D eigenvalue weighted by atomic mass is 16.5. The van der Waals surface area contributed by atoms with Crippen LogP contribution in [-0.2, 0) is 20.8 Å². The summed E-state index contributed by atoms with van der Waals surface area (Å²) in [5, 5.41) is 5.87. The van der Waals surface area contributed by atoms with E-state index in [2.05, 4.69) is 27.4 Å². The van der Waals surface area contributed by atoms with Crippen molar-refractivity contribution in [1.82, 2.24) is 15.6 Å². The number of ether oxygens (including phenoxy) is 2. The summed E-state index contributed by atoms with van der Waals surface area (Å²) < 4.78 is 10.4. The Hall–Kier alpha value is -1.70. The predicted molar refractivity (Wildman–Crippen MR) is 88.5 cm³/mol. The minimum absolute atomic E-state index is 0.0350. The largest absolute Gasteiger partial charge is 0.383 e. The Morgan fingerprint density at radius 1 is 1.52 bits per heavy atom. The van der Waals surface area contributed by atoms with Crippen LogP contribution in [0.4, 0.5) is 5.82 Å². The number of carbonyl (C=O) groups is 1. The van der Waals surface area contributed by atoms with Crippen molar-refractivity contribution in [3.05, 3.63) is 23.9 Å². The second kappa shape index (κ2) is 9.44. The molecule has 2 N–H and O–H groups in total. The van der Waals surface area contributed by atoms with Crippen LogP contribution in [-0.4, -0.2) is 63.5 Å². The van der Waals surface area contributed by atoms with Gasteiger partial charge in [-0.3, -0.25) is 4.79 Å². The third kappa shape index (κ3) is 6.13. The minimum Gasteiger partial charge on any atom is -0.383 e. The maximum Gasteiger partial charge on any atom is 0.234 e. The molecule has 23 heavy (non-hydrogen) atoms. The minimum atomic E-state index is -0.0350. The number of morpholine rings is 1. The number of pyridine rings is 1. The van der Waals surface area contributed by atoms with Gasteiger partial charge in [0.25, 0.3) is 0 Å². The zero-order chi connectivity index (χ0) is 16.5. The van der Waals surface area contributed by atoms with E-state index in [4.69, 9.17) is 9.47 Å². The summed E-state index contributed by atoms with van der Waals surface area (Å²) in [6, 6.07) is 4.00. The number of rotatable bonds is 8. The van der Waals surface area contributed by atoms with Gasteiger partial charge in [-0.2, -0.15) is 0 Å². The molecule has 1 aromatic heterocycles. The number of aromatic nitrogens is 1. The van der Waals surface area contributed by atoms with Gasteiger partial charge in [0, 0.05) is 39.5 Å². The van der Waals surface area contributed by atoms with Gasteiger partial charge in [0.05, 0.1) is 25.9 Å². The highest BCUT2D eigenvalue weighted by molar-refractivity contribution is 5.77. The lowest BCUT2D eigenvalue weighted by atomic mass is 10.2. The summed E-state index contributed by atoms with van der Waals surface area (Å²) >= 11 is 0. The highest BCUT2D eigenvalue weighted by Crippen LogP contribution is 2.15. The first-order valence-electron chi connectivity index (χ1n) is 7.97. The Morgan fingerprint density at radius 2 is 2.39 bits per heavy atom. The maximum absolute atomic E-state index is 11.7. The molecule has 1 atom stereocenters. The zero-order valence-corrected chi connectivity index (χ0v) is 13.9. The topological polar surface area (TPSA) is 75.7 Å². The third-order valence-corrected chi connectivity index (χ3v) is 3.63. The summed E-state index contributed by atoms with van der Waals surface area (Å²) in [5.74, 6) is 0.920. The first-order valence-corrected chi connectivity index (χ1v) is 7.97. The van der Waals surface area contributed by atoms with E-state index in [-0.39, 0.29) is 12.0 Å². The average molecular weight is 322 g/mol. The molecule has 2 rings (SSSR count). The Bertz CT molecular complexity index is 481. The van der Waals surface area contributed by atoms with E-state index in [1.807, 2.05) is 18.3 Å². The van der Waals surface area contributed by atoms with Crippen molar-refractivity contribution >= 4 is 11.7 Å². The van der Waals surface area contributed by atoms with Gasteiger partial charge in [0.2, 0.25) is 5.91 Å². The second-order valence-corrected chi connectivity index (χ2v) is 5.60. The molecule has 0 bridgehead atoms. The van der Waals surface area contributed by atoms with Crippen LogP contribution in [0.25, 0.3) is 0 Å². The van der Waals surface area contributed by atoms with Crippen molar-refractivity contribution in [2.45, 2.75) is 19.6 Å². The first-order chi connectivity index (χ1) is 11.2. The lowest BCUT2D eigenvalue weighted by Gasteiger charge is -2.32. The molecule has 1 aromatic rings. The molecule has 1 unspecified atom stereocenters. The number of nitrogens with one attached hydrogen (secondary N) is 2. The molecular weight excluding hydrogens is 296 g/mol. The summed E-state index contributed by atoms with van der Waals surface area (Å²) in [4.78, 5) is 18.4. The molecule has 128 valence electrons. The van der Waals surface area contributed by atoms with Crippen LogP contribution in [0.1, 0.15) is 12.5 Å². The number of anilines is 1. The summed E-state index contributed by atoms with van der Waals surface area (Å²) in [5.41, 5.74) is 0.986. The highest BCUT2D eigenvalue weighted by Gasteiger charge is 2.17. The normalized spacial score (nSPS) is 18.0. The fraction of sp³-hybridized carbons (Fsp3) is 0.625. The standard InChI is InChI=1S/C16H26N4O3/c1-13-12-20(6-8-23-13)15-4-3-14(9-18-15)10-19-16(21)11-17-5-7-22-2/h3-4,9,13,17H,5-8,10-12H2,1-2H3,(H,19,21). The molecule has 0 saturated carbocycles. The number of hydrogen-bond donors (Lipinski definition) is 2. The lowest BCUT2D eigenvalue weighted by molar-refractivity contribution is -0.120. The number of amides is 1. The van der Waals surface area contributed by atoms with Gasteiger partial charge < -0.3 is 25.0 Å². The van der Waals surface area contributed by atoms with E-state index in [0.29, 0.717) is 26.2 Å². The van der Waals surface area contributed by atoms with Crippen molar-refractivity contribution in [2.24, 2.45) is 0 Å². The van der Waals surface area contributed by atoms with Crippen LogP contribution in [0.15, 0.2) is 18.3 Å². The molecule has 2 heterocycles. The summed E-state index contributed by atoms with van der Waals surface area (Å²) in [6.07, 6.45) is 2.05. The molecule has 0 spiro atoms. The molecule has 7 nitrogen and oxygen atoms in total. The molecule has 1 aliphatic rings. The van der Waals surface area contributed by atoms with E-state index >= 15 is 0 Å². The lowest BCUT2D eigenvalue weighted by Crippen LogP contribution is -2.41. The molecule has 0 aromatic carbocycles. The molecule has 1 aliphatic heterocycles. The Labute approximate surface area is 137 Å². The van der Waals surface area contributed by atoms with Crippen LogP contribution in [0.5, 0.6) is 0 Å². The molecule has 1 amide bonds. The van der Waals surface area contributed by atoms with Gasteiger partial charge in [-0.15, -0.1) is 0 Å². The molecule has 7 heteroatoms. The van der Waals surface area contributed by atoms with Crippen LogP contribution in [0.3, 0.4) is 0 Å². The Balaban J connectivity index is 1.73. The molecule has 0 radical (unpaired) electrons. The van der Waals surface area contributed by atoms with Crippen molar-refractivity contribution in [1.29, 1.82) is 0 Å².